The lowest BCUT2D eigenvalue weighted by Gasteiger charge is -2.31. The van der Waals surface area contributed by atoms with E-state index < -0.39 is 0 Å². The lowest BCUT2D eigenvalue weighted by Crippen LogP contribution is -2.44. The number of benzene rings is 2. The Morgan fingerprint density at radius 3 is 2.38 bits per heavy atom. The fourth-order valence-corrected chi connectivity index (χ4v) is 2.89. The molecule has 1 atom stereocenters. The molecule has 2 rings (SSSR count). The summed E-state index contributed by atoms with van der Waals surface area (Å²) < 4.78 is 2.15. The highest BCUT2D eigenvalue weighted by atomic mass is 79.9. The van der Waals surface area contributed by atoms with E-state index in [0.717, 1.165) is 21.1 Å². The molecule has 112 valence electrons. The van der Waals surface area contributed by atoms with E-state index >= 15 is 0 Å². The second-order valence-electron chi connectivity index (χ2n) is 5.68. The molecule has 1 unspecified atom stereocenters. The van der Waals surface area contributed by atoms with Gasteiger partial charge in [-0.1, -0.05) is 34.1 Å². The van der Waals surface area contributed by atoms with Gasteiger partial charge in [0, 0.05) is 21.2 Å². The van der Waals surface area contributed by atoms with Gasteiger partial charge in [-0.25, -0.2) is 0 Å². The zero-order valence-corrected chi connectivity index (χ0v) is 15.5. The normalized spacial score (nSPS) is 13.8. The molecular weight excluding hydrogens is 392 g/mol. The Labute approximate surface area is 143 Å². The van der Waals surface area contributed by atoms with Crippen LogP contribution in [0.5, 0.6) is 0 Å². The largest absolute Gasteiger partial charge is 0.377 e. The van der Waals surface area contributed by atoms with Crippen LogP contribution in [-0.4, -0.2) is 12.1 Å². The van der Waals surface area contributed by atoms with Crippen molar-refractivity contribution in [1.29, 1.82) is 0 Å². The highest BCUT2D eigenvalue weighted by molar-refractivity contribution is 9.10. The van der Waals surface area contributed by atoms with E-state index in [2.05, 4.69) is 93.5 Å². The fraction of sp³-hybridized carbons (Fsp3) is 0.294. The summed E-state index contributed by atoms with van der Waals surface area (Å²) in [7, 11) is 0. The summed E-state index contributed by atoms with van der Waals surface area (Å²) in [5.74, 6) is 0. The number of hydrogen-bond donors (Lipinski definition) is 2. The Bertz CT molecular complexity index is 611. The Hall–Kier alpha value is -0.840. The lowest BCUT2D eigenvalue weighted by atomic mass is 9.92. The van der Waals surface area contributed by atoms with Crippen molar-refractivity contribution in [3.8, 4) is 0 Å². The minimum absolute atomic E-state index is 0.190. The maximum absolute atomic E-state index is 6.03. The van der Waals surface area contributed by atoms with Crippen LogP contribution < -0.4 is 11.1 Å². The number of hydrogen-bond acceptors (Lipinski definition) is 2. The second kappa shape index (κ2) is 6.95. The summed E-state index contributed by atoms with van der Waals surface area (Å²) in [6.45, 7) is 4.80. The molecule has 2 nitrogen and oxygen atoms in total. The van der Waals surface area contributed by atoms with Gasteiger partial charge in [0.15, 0.2) is 0 Å². The summed E-state index contributed by atoms with van der Waals surface area (Å²) in [4.78, 5) is 0. The first-order chi connectivity index (χ1) is 9.92. The van der Waals surface area contributed by atoms with Crippen LogP contribution in [0.3, 0.4) is 0 Å². The molecule has 0 radical (unpaired) electrons. The van der Waals surface area contributed by atoms with Gasteiger partial charge in [-0.05, 0) is 71.6 Å². The van der Waals surface area contributed by atoms with Crippen LogP contribution in [0.4, 0.5) is 5.69 Å². The molecule has 0 fully saturated rings. The van der Waals surface area contributed by atoms with Crippen molar-refractivity contribution in [2.24, 2.45) is 5.73 Å². The molecule has 0 spiro atoms. The SMILES string of the molecule is Cc1ccc(Br)c(NC(C)(CN)Cc2ccc(Br)cc2)c1. The zero-order valence-electron chi connectivity index (χ0n) is 12.3. The number of rotatable bonds is 5. The highest BCUT2D eigenvalue weighted by Gasteiger charge is 2.23. The van der Waals surface area contributed by atoms with Crippen molar-refractivity contribution in [1.82, 2.24) is 0 Å². The maximum atomic E-state index is 6.03. The quantitative estimate of drug-likeness (QED) is 0.734. The Kier molecular flexibility index (Phi) is 5.47. The molecule has 0 aliphatic heterocycles. The molecule has 0 heterocycles. The molecule has 21 heavy (non-hydrogen) atoms. The van der Waals surface area contributed by atoms with Crippen LogP contribution >= 0.6 is 31.9 Å². The van der Waals surface area contributed by atoms with E-state index in [1.165, 1.54) is 11.1 Å². The average Bonchev–Trinajstić information content (AvgIpc) is 2.45. The van der Waals surface area contributed by atoms with Crippen molar-refractivity contribution in [3.63, 3.8) is 0 Å². The molecule has 3 N–H and O–H groups in total. The Morgan fingerprint density at radius 2 is 1.76 bits per heavy atom. The van der Waals surface area contributed by atoms with Crippen LogP contribution in [0.2, 0.25) is 0 Å². The minimum atomic E-state index is -0.190. The molecule has 0 saturated carbocycles. The average molecular weight is 412 g/mol. The van der Waals surface area contributed by atoms with Gasteiger partial charge in [-0.15, -0.1) is 0 Å². The molecule has 0 saturated heterocycles. The second-order valence-corrected chi connectivity index (χ2v) is 7.45. The lowest BCUT2D eigenvalue weighted by molar-refractivity contribution is 0.520. The molecule has 2 aromatic rings. The Morgan fingerprint density at radius 1 is 1.10 bits per heavy atom. The van der Waals surface area contributed by atoms with Crippen molar-refractivity contribution >= 4 is 37.5 Å². The first-order valence-corrected chi connectivity index (χ1v) is 8.49. The summed E-state index contributed by atoms with van der Waals surface area (Å²) in [5.41, 5.74) is 9.42. The molecule has 0 aromatic heterocycles. The maximum Gasteiger partial charge on any atom is 0.0508 e. The molecular formula is C17H20Br2N2. The topological polar surface area (TPSA) is 38.0 Å². The van der Waals surface area contributed by atoms with Gasteiger partial charge < -0.3 is 11.1 Å². The van der Waals surface area contributed by atoms with Crippen LogP contribution in [0, 0.1) is 6.92 Å². The van der Waals surface area contributed by atoms with Crippen molar-refractivity contribution in [3.05, 3.63) is 62.5 Å². The van der Waals surface area contributed by atoms with E-state index in [-0.39, 0.29) is 5.54 Å². The van der Waals surface area contributed by atoms with E-state index in [0.29, 0.717) is 6.54 Å². The number of anilines is 1. The standard InChI is InChI=1S/C17H20Br2N2/c1-12-3-8-15(19)16(9-12)21-17(2,11-20)10-13-4-6-14(18)7-5-13/h3-9,21H,10-11,20H2,1-2H3. The number of nitrogens with two attached hydrogens (primary N) is 1. The van der Waals surface area contributed by atoms with Gasteiger partial charge in [0.25, 0.3) is 0 Å². The van der Waals surface area contributed by atoms with Crippen LogP contribution in [0.1, 0.15) is 18.1 Å². The van der Waals surface area contributed by atoms with Crippen LogP contribution in [0.25, 0.3) is 0 Å². The molecule has 4 heteroatoms. The molecule has 2 aromatic carbocycles. The smallest absolute Gasteiger partial charge is 0.0508 e. The summed E-state index contributed by atoms with van der Waals surface area (Å²) in [6.07, 6.45) is 0.872. The molecule has 0 bridgehead atoms. The minimum Gasteiger partial charge on any atom is -0.377 e. The predicted molar refractivity (Wildman–Crippen MR) is 97.8 cm³/mol. The number of nitrogens with one attached hydrogen (secondary N) is 1. The highest BCUT2D eigenvalue weighted by Crippen LogP contribution is 2.28. The molecule has 0 amide bonds. The third kappa shape index (κ3) is 4.56. The fourth-order valence-electron chi connectivity index (χ4n) is 2.28. The van der Waals surface area contributed by atoms with Gasteiger partial charge in [0.2, 0.25) is 0 Å². The van der Waals surface area contributed by atoms with E-state index in [9.17, 15) is 0 Å². The predicted octanol–water partition coefficient (Wildman–Crippen LogP) is 4.89. The summed E-state index contributed by atoms with van der Waals surface area (Å²) >= 11 is 7.06. The molecule has 0 aliphatic carbocycles. The van der Waals surface area contributed by atoms with E-state index in [1.807, 2.05) is 0 Å². The summed E-state index contributed by atoms with van der Waals surface area (Å²) in [5, 5.41) is 3.59. The number of aryl methyl sites for hydroxylation is 1. The number of halogens is 2. The van der Waals surface area contributed by atoms with Gasteiger partial charge >= 0.3 is 0 Å². The van der Waals surface area contributed by atoms with E-state index in [4.69, 9.17) is 5.73 Å². The van der Waals surface area contributed by atoms with Crippen molar-refractivity contribution < 1.29 is 0 Å². The van der Waals surface area contributed by atoms with Crippen molar-refractivity contribution in [2.75, 3.05) is 11.9 Å². The van der Waals surface area contributed by atoms with Gasteiger partial charge in [-0.3, -0.25) is 0 Å². The van der Waals surface area contributed by atoms with Gasteiger partial charge in [0.05, 0.1) is 5.54 Å². The third-order valence-electron chi connectivity index (χ3n) is 3.52. The first-order valence-electron chi connectivity index (χ1n) is 6.91. The van der Waals surface area contributed by atoms with Gasteiger partial charge in [-0.2, -0.15) is 0 Å². The van der Waals surface area contributed by atoms with Gasteiger partial charge in [0.1, 0.15) is 0 Å². The molecule has 0 aliphatic rings. The van der Waals surface area contributed by atoms with E-state index in [1.54, 1.807) is 0 Å². The third-order valence-corrected chi connectivity index (χ3v) is 4.74. The van der Waals surface area contributed by atoms with Crippen LogP contribution in [-0.2, 0) is 6.42 Å². The first kappa shape index (κ1) is 16.5. The Balaban J connectivity index is 2.20. The van der Waals surface area contributed by atoms with Crippen LogP contribution in [0.15, 0.2) is 51.4 Å². The monoisotopic (exact) mass is 410 g/mol. The zero-order chi connectivity index (χ0) is 15.5. The summed E-state index contributed by atoms with van der Waals surface area (Å²) in [6, 6.07) is 14.7. The van der Waals surface area contributed by atoms with Crippen molar-refractivity contribution in [2.45, 2.75) is 25.8 Å².